The molecule has 5 nitrogen and oxygen atoms in total. The van der Waals surface area contributed by atoms with E-state index < -0.39 is 0 Å². The summed E-state index contributed by atoms with van der Waals surface area (Å²) in [6.45, 7) is 0.713. The van der Waals surface area contributed by atoms with Crippen molar-refractivity contribution in [3.63, 3.8) is 0 Å². The molecule has 1 saturated carbocycles. The second kappa shape index (κ2) is 7.58. The average Bonchev–Trinajstić information content (AvgIpc) is 3.25. The molecule has 0 saturated heterocycles. The van der Waals surface area contributed by atoms with Crippen LogP contribution in [-0.2, 0) is 11.3 Å². The highest BCUT2D eigenvalue weighted by Gasteiger charge is 2.34. The smallest absolute Gasteiger partial charge is 0.227 e. The zero-order chi connectivity index (χ0) is 17.9. The quantitative estimate of drug-likeness (QED) is 0.709. The monoisotopic (exact) mass is 352 g/mol. The summed E-state index contributed by atoms with van der Waals surface area (Å²) in [5, 5.41) is 9.20. The number of benzene rings is 2. The summed E-state index contributed by atoms with van der Waals surface area (Å²) >= 11 is 0. The first-order valence-electron chi connectivity index (χ1n) is 9.17. The number of oxazole rings is 1. The van der Waals surface area contributed by atoms with Gasteiger partial charge in [-0.25, -0.2) is 4.98 Å². The lowest BCUT2D eigenvalue weighted by Crippen LogP contribution is -2.35. The Balaban J connectivity index is 1.43. The third kappa shape index (κ3) is 3.51. The van der Waals surface area contributed by atoms with Crippen LogP contribution in [0.4, 0.5) is 0 Å². The lowest BCUT2D eigenvalue weighted by atomic mass is 10.0. The number of hydrogen-bond acceptors (Lipinski definition) is 5. The van der Waals surface area contributed by atoms with E-state index in [1.807, 2.05) is 48.5 Å². The second-order valence-electron chi connectivity index (χ2n) is 6.97. The summed E-state index contributed by atoms with van der Waals surface area (Å²) in [7, 11) is 0. The number of aliphatic hydroxyl groups excluding tert-OH is 1. The maximum absolute atomic E-state index is 9.20. The standard InChI is InChI=1S/C21H24N2O3/c22-17-10-9-15(11-12-24)20(17)25-13-14-5-7-16(8-6-14)21-23-18-3-1-2-4-19(18)26-21/h1-8,15,17,20,24H,9-13,22H2/t15-,17+,20+/m0/s1. The number of para-hydroxylation sites is 2. The minimum Gasteiger partial charge on any atom is -0.436 e. The molecule has 0 amide bonds. The first-order valence-corrected chi connectivity index (χ1v) is 9.17. The van der Waals surface area contributed by atoms with E-state index in [0.717, 1.165) is 41.5 Å². The van der Waals surface area contributed by atoms with Gasteiger partial charge in [0.25, 0.3) is 0 Å². The Morgan fingerprint density at radius 1 is 1.12 bits per heavy atom. The number of rotatable bonds is 6. The van der Waals surface area contributed by atoms with Gasteiger partial charge in [0.15, 0.2) is 5.58 Å². The highest BCUT2D eigenvalue weighted by atomic mass is 16.5. The summed E-state index contributed by atoms with van der Waals surface area (Å²) in [6, 6.07) is 15.9. The first-order chi connectivity index (χ1) is 12.7. The maximum atomic E-state index is 9.20. The molecule has 26 heavy (non-hydrogen) atoms. The molecule has 1 aliphatic rings. The Morgan fingerprint density at radius 3 is 2.69 bits per heavy atom. The Kier molecular flexibility index (Phi) is 5.02. The van der Waals surface area contributed by atoms with Crippen LogP contribution in [0.15, 0.2) is 52.9 Å². The van der Waals surface area contributed by atoms with Crippen LogP contribution in [0.5, 0.6) is 0 Å². The lowest BCUT2D eigenvalue weighted by Gasteiger charge is -2.23. The van der Waals surface area contributed by atoms with Crippen LogP contribution in [0, 0.1) is 5.92 Å². The topological polar surface area (TPSA) is 81.5 Å². The molecule has 0 spiro atoms. The van der Waals surface area contributed by atoms with E-state index in [-0.39, 0.29) is 18.8 Å². The van der Waals surface area contributed by atoms with Crippen molar-refractivity contribution in [1.82, 2.24) is 4.98 Å². The molecule has 2 aromatic carbocycles. The first kappa shape index (κ1) is 17.2. The van der Waals surface area contributed by atoms with Crippen molar-refractivity contribution in [3.8, 4) is 11.5 Å². The van der Waals surface area contributed by atoms with E-state index in [9.17, 15) is 5.11 Å². The van der Waals surface area contributed by atoms with Crippen molar-refractivity contribution in [3.05, 3.63) is 54.1 Å². The number of nitrogens with two attached hydrogens (primary N) is 1. The van der Waals surface area contributed by atoms with Crippen LogP contribution in [0.2, 0.25) is 0 Å². The fourth-order valence-electron chi connectivity index (χ4n) is 3.75. The molecule has 1 aromatic heterocycles. The third-order valence-electron chi connectivity index (χ3n) is 5.19. The highest BCUT2D eigenvalue weighted by Crippen LogP contribution is 2.31. The Labute approximate surface area is 152 Å². The Bertz CT molecular complexity index is 824. The Morgan fingerprint density at radius 2 is 1.92 bits per heavy atom. The molecule has 1 fully saturated rings. The zero-order valence-electron chi connectivity index (χ0n) is 14.7. The van der Waals surface area contributed by atoms with Crippen LogP contribution in [0.25, 0.3) is 22.6 Å². The summed E-state index contributed by atoms with van der Waals surface area (Å²) in [4.78, 5) is 4.52. The van der Waals surface area contributed by atoms with E-state index in [1.54, 1.807) is 0 Å². The van der Waals surface area contributed by atoms with Gasteiger partial charge < -0.3 is 20.0 Å². The number of hydrogen-bond donors (Lipinski definition) is 2. The molecule has 0 unspecified atom stereocenters. The molecule has 136 valence electrons. The molecular weight excluding hydrogens is 328 g/mol. The summed E-state index contributed by atoms with van der Waals surface area (Å²) in [5.74, 6) is 0.980. The van der Waals surface area contributed by atoms with Gasteiger partial charge >= 0.3 is 0 Å². The van der Waals surface area contributed by atoms with Gasteiger partial charge in [-0.15, -0.1) is 0 Å². The van der Waals surface area contributed by atoms with Gasteiger partial charge in [0.2, 0.25) is 5.89 Å². The van der Waals surface area contributed by atoms with Crippen molar-refractivity contribution in [2.24, 2.45) is 11.7 Å². The second-order valence-corrected chi connectivity index (χ2v) is 6.97. The van der Waals surface area contributed by atoms with Gasteiger partial charge in [0, 0.05) is 18.2 Å². The zero-order valence-corrected chi connectivity index (χ0v) is 14.7. The molecule has 4 rings (SSSR count). The number of fused-ring (bicyclic) bond motifs is 1. The number of ether oxygens (including phenoxy) is 1. The van der Waals surface area contributed by atoms with Crippen LogP contribution in [0.1, 0.15) is 24.8 Å². The molecular formula is C21H24N2O3. The van der Waals surface area contributed by atoms with Crippen molar-refractivity contribution >= 4 is 11.1 Å². The molecule has 5 heteroatoms. The minimum atomic E-state index is 0.0267. The van der Waals surface area contributed by atoms with Crippen LogP contribution in [0.3, 0.4) is 0 Å². The SMILES string of the molecule is N[C@@H]1CC[C@@H](CCO)[C@H]1OCc1ccc(-c2nc3ccccc3o2)cc1. The normalized spacial score (nSPS) is 22.9. The van der Waals surface area contributed by atoms with Crippen molar-refractivity contribution < 1.29 is 14.3 Å². The molecule has 3 aromatic rings. The molecule has 0 bridgehead atoms. The van der Waals surface area contributed by atoms with Crippen molar-refractivity contribution in [2.75, 3.05) is 6.61 Å². The lowest BCUT2D eigenvalue weighted by molar-refractivity contribution is 0.000973. The van der Waals surface area contributed by atoms with Gasteiger partial charge in [-0.2, -0.15) is 0 Å². The highest BCUT2D eigenvalue weighted by molar-refractivity contribution is 5.75. The summed E-state index contributed by atoms with van der Waals surface area (Å²) in [6.07, 6.45) is 2.78. The van der Waals surface area contributed by atoms with E-state index in [2.05, 4.69) is 4.98 Å². The van der Waals surface area contributed by atoms with Crippen LogP contribution in [-0.4, -0.2) is 28.8 Å². The minimum absolute atomic E-state index is 0.0267. The maximum Gasteiger partial charge on any atom is 0.227 e. The third-order valence-corrected chi connectivity index (χ3v) is 5.19. The molecule has 1 aliphatic carbocycles. The molecule has 3 N–H and O–H groups in total. The van der Waals surface area contributed by atoms with Crippen LogP contribution < -0.4 is 5.73 Å². The van der Waals surface area contributed by atoms with Gasteiger partial charge in [-0.05, 0) is 55.0 Å². The molecule has 1 heterocycles. The molecule has 0 aliphatic heterocycles. The van der Waals surface area contributed by atoms with Crippen LogP contribution >= 0.6 is 0 Å². The van der Waals surface area contributed by atoms with Crippen molar-refractivity contribution in [1.29, 1.82) is 0 Å². The van der Waals surface area contributed by atoms with Gasteiger partial charge in [0.05, 0.1) is 12.7 Å². The largest absolute Gasteiger partial charge is 0.436 e. The molecule has 3 atom stereocenters. The van der Waals surface area contributed by atoms with E-state index in [4.69, 9.17) is 14.9 Å². The molecule has 0 radical (unpaired) electrons. The average molecular weight is 352 g/mol. The summed E-state index contributed by atoms with van der Waals surface area (Å²) < 4.78 is 11.9. The number of aliphatic hydroxyl groups is 1. The fraction of sp³-hybridized carbons (Fsp3) is 0.381. The predicted octanol–water partition coefficient (Wildman–Crippen LogP) is 3.50. The van der Waals surface area contributed by atoms with Gasteiger partial charge in [-0.3, -0.25) is 0 Å². The van der Waals surface area contributed by atoms with Gasteiger partial charge in [0.1, 0.15) is 5.52 Å². The predicted molar refractivity (Wildman–Crippen MR) is 100 cm³/mol. The van der Waals surface area contributed by atoms with E-state index in [1.165, 1.54) is 0 Å². The van der Waals surface area contributed by atoms with Crippen molar-refractivity contribution in [2.45, 2.75) is 38.0 Å². The number of nitrogens with zero attached hydrogens (tertiary/aromatic N) is 1. The van der Waals surface area contributed by atoms with E-state index in [0.29, 0.717) is 18.4 Å². The Hall–Kier alpha value is -2.21. The van der Waals surface area contributed by atoms with E-state index >= 15 is 0 Å². The summed E-state index contributed by atoms with van der Waals surface area (Å²) in [5.41, 5.74) is 9.86. The number of aromatic nitrogens is 1. The fourth-order valence-corrected chi connectivity index (χ4v) is 3.75. The van der Waals surface area contributed by atoms with Gasteiger partial charge in [-0.1, -0.05) is 24.3 Å².